The van der Waals surface area contributed by atoms with Gasteiger partial charge in [0.15, 0.2) is 0 Å². The van der Waals surface area contributed by atoms with E-state index in [-0.39, 0.29) is 29.5 Å². The maximum atomic E-state index is 13.3. The summed E-state index contributed by atoms with van der Waals surface area (Å²) in [6.07, 6.45) is 7.95. The van der Waals surface area contributed by atoms with Crippen molar-refractivity contribution in [3.05, 3.63) is 105 Å². The Labute approximate surface area is 300 Å². The van der Waals surface area contributed by atoms with E-state index >= 15 is 0 Å². The Morgan fingerprint density at radius 3 is 2.12 bits per heavy atom. The van der Waals surface area contributed by atoms with Gasteiger partial charge in [-0.15, -0.1) is 0 Å². The van der Waals surface area contributed by atoms with E-state index in [0.717, 1.165) is 51.8 Å². The molecule has 0 bridgehead atoms. The van der Waals surface area contributed by atoms with Crippen LogP contribution in [0, 0.1) is 6.92 Å². The maximum Gasteiger partial charge on any atom is 0.262 e. The molecule has 2 aliphatic heterocycles. The predicted molar refractivity (Wildman–Crippen MR) is 198 cm³/mol. The van der Waals surface area contributed by atoms with Gasteiger partial charge in [-0.1, -0.05) is 48.0 Å². The third-order valence-electron chi connectivity index (χ3n) is 9.74. The zero-order valence-electron chi connectivity index (χ0n) is 28.6. The fraction of sp³-hybridized carbons (Fsp3) is 0.308. The number of amides is 2. The highest BCUT2D eigenvalue weighted by molar-refractivity contribution is 6.36. The second-order valence-corrected chi connectivity index (χ2v) is 13.5. The molecule has 12 heteroatoms. The number of carbonyl (C=O) groups is 2. The van der Waals surface area contributed by atoms with Crippen LogP contribution in [0.15, 0.2) is 78.0 Å². The van der Waals surface area contributed by atoms with E-state index in [1.54, 1.807) is 30.1 Å². The molecule has 2 aliphatic rings. The van der Waals surface area contributed by atoms with Crippen molar-refractivity contribution >= 4 is 29.1 Å². The standard InChI is InChI=1S/C39H40ClN7O4/c1-23-29(24-13-14-47-35(15-24)44-20-26(39(47)50)18-42-22-28-10-12-37(49)46-28)5-3-6-30(23)31-7-4-8-32(38(31)40)33-16-34(51-2)25(19-43-33)17-41-21-27-9-11-36(48)45-27/h3-8,13-16,19-20,27-28,41-42H,9-12,17-18,21-22H2,1-2H3,(H,45,48)(H,46,49)/t27-,28-/m0/s1. The third-order valence-corrected chi connectivity index (χ3v) is 10.1. The summed E-state index contributed by atoms with van der Waals surface area (Å²) in [6.45, 7) is 4.28. The number of fused-ring (bicyclic) bond motifs is 1. The normalized spacial score (nSPS) is 17.2. The van der Waals surface area contributed by atoms with Crippen molar-refractivity contribution in [1.82, 2.24) is 35.6 Å². The summed E-state index contributed by atoms with van der Waals surface area (Å²) in [6, 6.07) is 18.0. The molecule has 0 spiro atoms. The molecule has 2 fully saturated rings. The Morgan fingerprint density at radius 1 is 0.824 bits per heavy atom. The number of pyridine rings is 2. The molecule has 0 unspecified atom stereocenters. The number of halogens is 1. The van der Waals surface area contributed by atoms with Gasteiger partial charge in [0.25, 0.3) is 5.56 Å². The van der Waals surface area contributed by atoms with Gasteiger partial charge in [-0.3, -0.25) is 23.8 Å². The van der Waals surface area contributed by atoms with Crippen molar-refractivity contribution in [2.75, 3.05) is 20.2 Å². The lowest BCUT2D eigenvalue weighted by Crippen LogP contribution is -2.36. The van der Waals surface area contributed by atoms with E-state index in [0.29, 0.717) is 66.7 Å². The van der Waals surface area contributed by atoms with Crippen LogP contribution < -0.4 is 31.6 Å². The average molecular weight is 706 g/mol. The molecule has 2 amide bonds. The van der Waals surface area contributed by atoms with Crippen molar-refractivity contribution in [2.45, 2.75) is 57.8 Å². The topological polar surface area (TPSA) is 139 Å². The van der Waals surface area contributed by atoms with E-state index in [1.807, 2.05) is 42.5 Å². The quantitative estimate of drug-likeness (QED) is 0.145. The number of carbonyl (C=O) groups excluding carboxylic acids is 2. The summed E-state index contributed by atoms with van der Waals surface area (Å²) in [5.74, 6) is 0.873. The van der Waals surface area contributed by atoms with Crippen LogP contribution in [0.25, 0.3) is 39.2 Å². The molecule has 2 atom stereocenters. The highest BCUT2D eigenvalue weighted by Gasteiger charge is 2.22. The highest BCUT2D eigenvalue weighted by atomic mass is 35.5. The smallest absolute Gasteiger partial charge is 0.262 e. The van der Waals surface area contributed by atoms with Gasteiger partial charge in [0.05, 0.1) is 17.8 Å². The number of hydrogen-bond donors (Lipinski definition) is 4. The number of aromatic nitrogens is 3. The van der Waals surface area contributed by atoms with Crippen LogP contribution in [-0.4, -0.2) is 58.5 Å². The average Bonchev–Trinajstić information content (AvgIpc) is 3.76. The molecule has 7 rings (SSSR count). The van der Waals surface area contributed by atoms with Crippen LogP contribution in [0.1, 0.15) is 42.4 Å². The summed E-state index contributed by atoms with van der Waals surface area (Å²) in [4.78, 5) is 45.6. The van der Waals surface area contributed by atoms with Gasteiger partial charge < -0.3 is 26.0 Å². The number of nitrogens with one attached hydrogen (secondary N) is 4. The van der Waals surface area contributed by atoms with Crippen molar-refractivity contribution in [2.24, 2.45) is 0 Å². The van der Waals surface area contributed by atoms with Crippen molar-refractivity contribution in [1.29, 1.82) is 0 Å². The Hall–Kier alpha value is -5.10. The van der Waals surface area contributed by atoms with Crippen LogP contribution in [0.5, 0.6) is 5.75 Å². The number of methoxy groups -OCH3 is 1. The van der Waals surface area contributed by atoms with E-state index in [1.165, 1.54) is 0 Å². The van der Waals surface area contributed by atoms with Crippen molar-refractivity contribution in [3.8, 4) is 39.3 Å². The number of ether oxygens (including phenoxy) is 1. The van der Waals surface area contributed by atoms with E-state index < -0.39 is 0 Å². The zero-order valence-corrected chi connectivity index (χ0v) is 29.3. The molecule has 3 aromatic heterocycles. The molecular weight excluding hydrogens is 666 g/mol. The Kier molecular flexibility index (Phi) is 10.1. The number of benzene rings is 2. The number of rotatable bonds is 12. The van der Waals surface area contributed by atoms with Crippen LogP contribution in [-0.2, 0) is 22.7 Å². The first-order valence-electron chi connectivity index (χ1n) is 17.2. The van der Waals surface area contributed by atoms with Gasteiger partial charge in [0.2, 0.25) is 11.8 Å². The Morgan fingerprint density at radius 2 is 1.45 bits per heavy atom. The fourth-order valence-electron chi connectivity index (χ4n) is 6.94. The van der Waals surface area contributed by atoms with Crippen LogP contribution in [0.3, 0.4) is 0 Å². The molecule has 0 aliphatic carbocycles. The summed E-state index contributed by atoms with van der Waals surface area (Å²) in [5.41, 5.74) is 8.22. The molecule has 51 heavy (non-hydrogen) atoms. The van der Waals surface area contributed by atoms with E-state index in [4.69, 9.17) is 21.3 Å². The SMILES string of the molecule is COc1cc(-c2cccc(-c3cccc(-c4ccn5c(=O)c(CNC[C@@H]6CCC(=O)N6)cnc5c4)c3C)c2Cl)ncc1CNC[C@@H]1CCC(=O)N1. The van der Waals surface area contributed by atoms with Gasteiger partial charge in [-0.2, -0.15) is 0 Å². The summed E-state index contributed by atoms with van der Waals surface area (Å²) < 4.78 is 7.30. The number of hydrogen-bond acceptors (Lipinski definition) is 8. The summed E-state index contributed by atoms with van der Waals surface area (Å²) in [5, 5.41) is 13.2. The molecule has 2 aromatic carbocycles. The third kappa shape index (κ3) is 7.37. The molecule has 0 radical (unpaired) electrons. The van der Waals surface area contributed by atoms with Gasteiger partial charge in [0, 0.05) is 98.0 Å². The minimum Gasteiger partial charge on any atom is -0.496 e. The molecule has 5 heterocycles. The molecule has 5 aromatic rings. The highest BCUT2D eigenvalue weighted by Crippen LogP contribution is 2.40. The predicted octanol–water partition coefficient (Wildman–Crippen LogP) is 4.80. The van der Waals surface area contributed by atoms with Crippen LogP contribution in [0.2, 0.25) is 5.02 Å². The second kappa shape index (κ2) is 15.0. The zero-order chi connectivity index (χ0) is 35.5. The van der Waals surface area contributed by atoms with Crippen LogP contribution in [0.4, 0.5) is 0 Å². The Balaban J connectivity index is 1.10. The minimum atomic E-state index is -0.128. The fourth-order valence-corrected chi connectivity index (χ4v) is 7.26. The molecule has 4 N–H and O–H groups in total. The van der Waals surface area contributed by atoms with Gasteiger partial charge in [0.1, 0.15) is 11.4 Å². The molecule has 0 saturated carbocycles. The van der Waals surface area contributed by atoms with E-state index in [9.17, 15) is 14.4 Å². The van der Waals surface area contributed by atoms with Crippen molar-refractivity contribution < 1.29 is 14.3 Å². The maximum absolute atomic E-state index is 13.3. The lowest BCUT2D eigenvalue weighted by molar-refractivity contribution is -0.120. The van der Waals surface area contributed by atoms with E-state index in [2.05, 4.69) is 45.3 Å². The van der Waals surface area contributed by atoms with Gasteiger partial charge >= 0.3 is 0 Å². The monoisotopic (exact) mass is 705 g/mol. The largest absolute Gasteiger partial charge is 0.496 e. The second-order valence-electron chi connectivity index (χ2n) is 13.1. The van der Waals surface area contributed by atoms with Crippen molar-refractivity contribution in [3.63, 3.8) is 0 Å². The van der Waals surface area contributed by atoms with Gasteiger partial charge in [-0.05, 0) is 54.2 Å². The lowest BCUT2D eigenvalue weighted by Gasteiger charge is -2.16. The Bertz CT molecular complexity index is 2190. The summed E-state index contributed by atoms with van der Waals surface area (Å²) in [7, 11) is 1.64. The minimum absolute atomic E-state index is 0.0701. The first-order chi connectivity index (χ1) is 24.8. The molecule has 11 nitrogen and oxygen atoms in total. The first kappa shape index (κ1) is 34.4. The summed E-state index contributed by atoms with van der Waals surface area (Å²) >= 11 is 7.14. The number of nitrogens with zero attached hydrogens (tertiary/aromatic N) is 3. The van der Waals surface area contributed by atoms with Crippen LogP contribution >= 0.6 is 11.6 Å². The lowest BCUT2D eigenvalue weighted by atomic mass is 9.92. The molecule has 2 saturated heterocycles. The molecular formula is C39H40ClN7O4. The first-order valence-corrected chi connectivity index (χ1v) is 17.6. The molecule has 262 valence electrons. The van der Waals surface area contributed by atoms with Gasteiger partial charge in [-0.25, -0.2) is 4.98 Å².